The third kappa shape index (κ3) is 23.8. The zero-order chi connectivity index (χ0) is 14.2. The molecule has 0 aliphatic carbocycles. The molecule has 9 heteroatoms. The number of nitrogens with zero attached hydrogens (tertiary/aromatic N) is 4. The molecule has 114 valence electrons. The van der Waals surface area contributed by atoms with Crippen molar-refractivity contribution >= 4 is 69.0 Å². The molecule has 0 heterocycles. The molecule has 0 aromatic rings. The van der Waals surface area contributed by atoms with Crippen molar-refractivity contribution in [2.24, 2.45) is 10.2 Å². The van der Waals surface area contributed by atoms with Gasteiger partial charge in [0, 0.05) is 16.5 Å². The largest absolute Gasteiger partial charge is 0.520 e. The Morgan fingerprint density at radius 1 is 0.947 bits per heavy atom. The fourth-order valence-electron chi connectivity index (χ4n) is 0.425. The number of hydrogen-bond donors (Lipinski definition) is 0. The molecule has 0 atom stereocenters. The Hall–Kier alpha value is 0.314. The van der Waals surface area contributed by atoms with Crippen LogP contribution in [0.2, 0.25) is 0 Å². The van der Waals surface area contributed by atoms with Gasteiger partial charge in [-0.15, -0.1) is 0 Å². The minimum atomic E-state index is 0. The van der Waals surface area contributed by atoms with Crippen molar-refractivity contribution < 1.29 is 16.5 Å². The fraction of sp³-hybridized carbons (Fsp3) is 0.600. The molecule has 0 saturated carbocycles. The zero-order valence-corrected chi connectivity index (χ0v) is 15.8. The summed E-state index contributed by atoms with van der Waals surface area (Å²) in [5.74, 6) is 0. The molecule has 4 nitrogen and oxygen atoms in total. The summed E-state index contributed by atoms with van der Waals surface area (Å²) < 4.78 is 1.39. The first-order valence-electron chi connectivity index (χ1n) is 5.27. The smallest absolute Gasteiger partial charge is 0.174 e. The van der Waals surface area contributed by atoms with E-state index in [2.05, 4.69) is 45.5 Å². The number of hydrogen-bond acceptors (Lipinski definition) is 4. The summed E-state index contributed by atoms with van der Waals surface area (Å²) in [6, 6.07) is 0. The van der Waals surface area contributed by atoms with E-state index in [1.165, 1.54) is 23.5 Å². The van der Waals surface area contributed by atoms with Crippen LogP contribution in [-0.4, -0.2) is 33.6 Å². The van der Waals surface area contributed by atoms with E-state index in [0.29, 0.717) is 8.64 Å². The summed E-state index contributed by atoms with van der Waals surface area (Å²) in [4.78, 5) is 0. The average molecular weight is 383 g/mol. The Bertz CT molecular complexity index is 257. The summed E-state index contributed by atoms with van der Waals surface area (Å²) in [5.41, 5.74) is 7.49. The van der Waals surface area contributed by atoms with Crippen LogP contribution in [-0.2, 0) is 40.9 Å². The van der Waals surface area contributed by atoms with Crippen molar-refractivity contribution in [2.45, 2.75) is 26.7 Å². The van der Waals surface area contributed by atoms with Crippen molar-refractivity contribution in [2.75, 3.05) is 12.5 Å². The molecule has 0 amide bonds. The quantitative estimate of drug-likeness (QED) is 0.187. The van der Waals surface area contributed by atoms with Crippen LogP contribution in [0.4, 0.5) is 0 Å². The van der Waals surface area contributed by atoms with Crippen LogP contribution in [0.1, 0.15) is 26.7 Å². The van der Waals surface area contributed by atoms with E-state index in [4.69, 9.17) is 0 Å². The Labute approximate surface area is 145 Å². The van der Waals surface area contributed by atoms with Gasteiger partial charge in [-0.1, -0.05) is 37.4 Å². The van der Waals surface area contributed by atoms with Crippen LogP contribution in [0.5, 0.6) is 0 Å². The summed E-state index contributed by atoms with van der Waals surface area (Å²) in [5, 5.41) is 7.45. The standard InChI is InChI=1S/2C5H10N2S2.Ni/c2*1-3-4-6-7-5(8)9-2;/h2*4H,3H2,1-2H3,(H,7,8);. The normalized spacial score (nSPS) is 9.47. The van der Waals surface area contributed by atoms with Crippen molar-refractivity contribution in [3.8, 4) is 0 Å². The first kappa shape index (κ1) is 24.3. The third-order valence-corrected chi connectivity index (χ3v) is 3.35. The van der Waals surface area contributed by atoms with Crippen LogP contribution in [0, 0.1) is 0 Å². The molecule has 0 rings (SSSR count). The predicted octanol–water partition coefficient (Wildman–Crippen LogP) is 2.97. The van der Waals surface area contributed by atoms with Crippen molar-refractivity contribution in [3.63, 3.8) is 0 Å². The maximum absolute atomic E-state index is 4.00. The summed E-state index contributed by atoms with van der Waals surface area (Å²) in [7, 11) is 0. The first-order chi connectivity index (χ1) is 8.62. The van der Waals surface area contributed by atoms with E-state index < -0.39 is 0 Å². The minimum Gasteiger partial charge on any atom is -0.520 e. The van der Waals surface area contributed by atoms with Gasteiger partial charge in [-0.2, -0.15) is 0 Å². The van der Waals surface area contributed by atoms with Gasteiger partial charge in [0.25, 0.3) is 0 Å². The molecular formula is C10H20N4NiS4. The second-order valence-electron chi connectivity index (χ2n) is 2.59. The molecule has 0 aliphatic rings. The molecule has 0 aromatic heterocycles. The van der Waals surface area contributed by atoms with Crippen LogP contribution < -0.4 is 0 Å². The van der Waals surface area contributed by atoms with Gasteiger partial charge in [-0.25, -0.2) is 0 Å². The first-order valence-corrected chi connectivity index (χ1v) is 8.61. The molecule has 0 spiro atoms. The molecule has 19 heavy (non-hydrogen) atoms. The molecular weight excluding hydrogens is 363 g/mol. The van der Waals surface area contributed by atoms with Gasteiger partial charge in [0.2, 0.25) is 0 Å². The van der Waals surface area contributed by atoms with E-state index in [0.717, 1.165) is 12.8 Å². The monoisotopic (exact) mass is 382 g/mol. The molecule has 0 fully saturated rings. The fourth-order valence-corrected chi connectivity index (χ4v) is 0.786. The molecule has 0 aliphatic heterocycles. The Morgan fingerprint density at radius 3 is 1.47 bits per heavy atom. The Balaban J connectivity index is -0.000000256. The maximum Gasteiger partial charge on any atom is 0.174 e. The van der Waals surface area contributed by atoms with Gasteiger partial charge >= 0.3 is 0 Å². The summed E-state index contributed by atoms with van der Waals surface area (Å²) in [6.45, 7) is 4.02. The van der Waals surface area contributed by atoms with Crippen molar-refractivity contribution in [1.29, 1.82) is 0 Å². The minimum absolute atomic E-state index is 0. The molecule has 0 bridgehead atoms. The average Bonchev–Trinajstić information content (AvgIpc) is 2.39. The third-order valence-electron chi connectivity index (χ3n) is 1.18. The van der Waals surface area contributed by atoms with Crippen LogP contribution in [0.25, 0.3) is 10.9 Å². The van der Waals surface area contributed by atoms with Crippen LogP contribution in [0.15, 0.2) is 10.2 Å². The van der Waals surface area contributed by atoms with Crippen molar-refractivity contribution in [3.05, 3.63) is 10.9 Å². The van der Waals surface area contributed by atoms with E-state index in [1.807, 2.05) is 26.4 Å². The van der Waals surface area contributed by atoms with Gasteiger partial charge in [-0.3, -0.25) is 0 Å². The number of thiol groups is 2. The van der Waals surface area contributed by atoms with E-state index >= 15 is 0 Å². The van der Waals surface area contributed by atoms with Gasteiger partial charge in [-0.05, 0) is 37.8 Å². The van der Waals surface area contributed by atoms with Crippen molar-refractivity contribution in [1.82, 2.24) is 0 Å². The summed E-state index contributed by atoms with van der Waals surface area (Å²) >= 11 is 11.0. The Morgan fingerprint density at radius 2 is 1.26 bits per heavy atom. The van der Waals surface area contributed by atoms with E-state index in [-0.39, 0.29) is 16.5 Å². The second-order valence-corrected chi connectivity index (χ2v) is 5.63. The van der Waals surface area contributed by atoms with Gasteiger partial charge in [0.1, 0.15) is 0 Å². The van der Waals surface area contributed by atoms with E-state index in [9.17, 15) is 0 Å². The predicted molar refractivity (Wildman–Crippen MR) is 98.8 cm³/mol. The Kier molecular flexibility index (Phi) is 26.4. The van der Waals surface area contributed by atoms with Crippen LogP contribution >= 0.6 is 23.5 Å². The summed E-state index contributed by atoms with van der Waals surface area (Å²) in [6.07, 6.45) is 9.14. The molecule has 0 unspecified atom stereocenters. The van der Waals surface area contributed by atoms with Gasteiger partial charge in [0.15, 0.2) is 33.1 Å². The molecule has 0 radical (unpaired) electrons. The number of thioether (sulfide) groups is 2. The molecule has 0 aromatic carbocycles. The van der Waals surface area contributed by atoms with Gasteiger partial charge < -0.3 is 21.1 Å². The maximum atomic E-state index is 4.00. The molecule has 0 saturated heterocycles. The van der Waals surface area contributed by atoms with E-state index in [1.54, 1.807) is 12.4 Å². The SMILES string of the molecule is CCC=N[N-]C(=[SH+])SC.CCC=N[N-]C(=[SH+])SC.[Ni]. The number of rotatable bonds is 4. The second kappa shape index (κ2) is 20.6. The topological polar surface area (TPSA) is 52.9 Å². The zero-order valence-electron chi connectivity index (χ0n) is 11.4. The molecule has 0 N–H and O–H groups in total. The van der Waals surface area contributed by atoms with Gasteiger partial charge in [0.05, 0.1) is 0 Å². The van der Waals surface area contributed by atoms with Crippen LogP contribution in [0.3, 0.4) is 0 Å².